The third-order valence-electron chi connectivity index (χ3n) is 8.22. The zero-order chi connectivity index (χ0) is 34.6. The standard InChI is InChI=1S/C36H31F9O3/c1-2-3-16-46-26-10-4-22(5-11-26)25-19-31(39)34(32(40)20-25)35(41,42)47-27-12-6-21(7-13-27)23-8-14-28(29(37)17-23)24-9-15-33(30(38)18-24)48-36(43,44)45/h6-9,12-15,17-20,22,26H,2-5,10-11,16H2,1H3. The van der Waals surface area contributed by atoms with Gasteiger partial charge in [0.05, 0.1) is 6.10 Å². The second kappa shape index (κ2) is 14.5. The maximum absolute atomic E-state index is 15.1. The molecule has 1 fully saturated rings. The van der Waals surface area contributed by atoms with Gasteiger partial charge in [-0.25, -0.2) is 17.6 Å². The fraction of sp³-hybridized carbons (Fsp3) is 0.333. The van der Waals surface area contributed by atoms with Crippen molar-refractivity contribution in [3.8, 4) is 33.8 Å². The van der Waals surface area contributed by atoms with Gasteiger partial charge in [-0.2, -0.15) is 8.78 Å². The van der Waals surface area contributed by atoms with Crippen molar-refractivity contribution in [2.75, 3.05) is 6.61 Å². The molecule has 48 heavy (non-hydrogen) atoms. The van der Waals surface area contributed by atoms with Crippen LogP contribution in [0, 0.1) is 23.3 Å². The van der Waals surface area contributed by atoms with Crippen molar-refractivity contribution in [2.45, 2.75) is 69.9 Å². The summed E-state index contributed by atoms with van der Waals surface area (Å²) >= 11 is 0. The first-order valence-electron chi connectivity index (χ1n) is 15.4. The number of rotatable bonds is 11. The average Bonchev–Trinajstić information content (AvgIpc) is 3.01. The van der Waals surface area contributed by atoms with E-state index in [1.807, 2.05) is 0 Å². The van der Waals surface area contributed by atoms with E-state index in [4.69, 9.17) is 9.47 Å². The first kappa shape index (κ1) is 35.1. The zero-order valence-electron chi connectivity index (χ0n) is 25.7. The van der Waals surface area contributed by atoms with Gasteiger partial charge in [0.15, 0.2) is 11.6 Å². The van der Waals surface area contributed by atoms with Crippen LogP contribution in [0.25, 0.3) is 22.3 Å². The van der Waals surface area contributed by atoms with Crippen LogP contribution in [0.15, 0.2) is 72.8 Å². The van der Waals surface area contributed by atoms with E-state index in [-0.39, 0.29) is 28.7 Å². The first-order valence-corrected chi connectivity index (χ1v) is 15.4. The predicted octanol–water partition coefficient (Wildman–Crippen LogP) is 11.4. The van der Waals surface area contributed by atoms with Crippen LogP contribution >= 0.6 is 0 Å². The fourth-order valence-corrected chi connectivity index (χ4v) is 5.78. The Bertz CT molecular complexity index is 1690. The molecule has 0 bridgehead atoms. The number of halogens is 9. The molecule has 12 heteroatoms. The molecule has 0 radical (unpaired) electrons. The van der Waals surface area contributed by atoms with Crippen LogP contribution in [-0.4, -0.2) is 19.1 Å². The molecule has 0 aliphatic heterocycles. The van der Waals surface area contributed by atoms with Crippen molar-refractivity contribution in [1.29, 1.82) is 0 Å². The molecule has 0 saturated heterocycles. The minimum absolute atomic E-state index is 0.0515. The van der Waals surface area contributed by atoms with Gasteiger partial charge in [-0.3, -0.25) is 0 Å². The lowest BCUT2D eigenvalue weighted by molar-refractivity contribution is -0.275. The molecule has 5 rings (SSSR count). The molecule has 0 amide bonds. The number of benzene rings is 4. The molecule has 1 aliphatic rings. The maximum Gasteiger partial charge on any atom is 0.573 e. The Labute approximate surface area is 271 Å². The zero-order valence-corrected chi connectivity index (χ0v) is 25.7. The number of hydrogen-bond donors (Lipinski definition) is 0. The van der Waals surface area contributed by atoms with E-state index in [0.717, 1.165) is 55.3 Å². The summed E-state index contributed by atoms with van der Waals surface area (Å²) in [5.41, 5.74) is -0.750. The van der Waals surface area contributed by atoms with Crippen LogP contribution in [0.2, 0.25) is 0 Å². The van der Waals surface area contributed by atoms with Crippen molar-refractivity contribution in [3.63, 3.8) is 0 Å². The summed E-state index contributed by atoms with van der Waals surface area (Å²) in [5, 5.41) is 0. The molecule has 1 aliphatic carbocycles. The number of alkyl halides is 5. The maximum atomic E-state index is 15.1. The summed E-state index contributed by atoms with van der Waals surface area (Å²) in [5.74, 6) is -6.71. The van der Waals surface area contributed by atoms with E-state index in [1.54, 1.807) is 0 Å². The summed E-state index contributed by atoms with van der Waals surface area (Å²) in [7, 11) is 0. The van der Waals surface area contributed by atoms with Gasteiger partial charge in [-0.1, -0.05) is 43.7 Å². The Hall–Kier alpha value is -4.19. The number of hydrogen-bond acceptors (Lipinski definition) is 3. The van der Waals surface area contributed by atoms with E-state index in [1.165, 1.54) is 24.3 Å². The van der Waals surface area contributed by atoms with Crippen LogP contribution in [0.4, 0.5) is 39.5 Å². The lowest BCUT2D eigenvalue weighted by Gasteiger charge is -2.29. The lowest BCUT2D eigenvalue weighted by Crippen LogP contribution is -2.26. The molecular formula is C36H31F9O3. The fourth-order valence-electron chi connectivity index (χ4n) is 5.78. The summed E-state index contributed by atoms with van der Waals surface area (Å²) < 4.78 is 141. The van der Waals surface area contributed by atoms with Crippen LogP contribution < -0.4 is 9.47 Å². The molecule has 0 spiro atoms. The average molecular weight is 683 g/mol. The lowest BCUT2D eigenvalue weighted by atomic mass is 9.82. The third-order valence-corrected chi connectivity index (χ3v) is 8.22. The molecule has 4 aromatic carbocycles. The highest BCUT2D eigenvalue weighted by molar-refractivity contribution is 5.71. The van der Waals surface area contributed by atoms with Gasteiger partial charge < -0.3 is 14.2 Å². The van der Waals surface area contributed by atoms with E-state index < -0.39 is 52.8 Å². The Morgan fingerprint density at radius 1 is 0.646 bits per heavy atom. The van der Waals surface area contributed by atoms with E-state index in [2.05, 4.69) is 11.7 Å². The molecule has 1 saturated carbocycles. The number of unbranched alkanes of at least 4 members (excludes halogenated alkanes) is 1. The van der Waals surface area contributed by atoms with Crippen molar-refractivity contribution < 1.29 is 53.7 Å². The van der Waals surface area contributed by atoms with Gasteiger partial charge in [0.25, 0.3) is 0 Å². The number of ether oxygens (including phenoxy) is 3. The summed E-state index contributed by atoms with van der Waals surface area (Å²) in [6.07, 6.45) is -4.76. The summed E-state index contributed by atoms with van der Waals surface area (Å²) in [4.78, 5) is 0. The van der Waals surface area contributed by atoms with Gasteiger partial charge in [0, 0.05) is 12.2 Å². The Kier molecular flexibility index (Phi) is 10.6. The topological polar surface area (TPSA) is 27.7 Å². The van der Waals surface area contributed by atoms with Crippen molar-refractivity contribution >= 4 is 0 Å². The molecule has 0 aromatic heterocycles. The van der Waals surface area contributed by atoms with Gasteiger partial charge in [0.2, 0.25) is 0 Å². The molecule has 0 N–H and O–H groups in total. The first-order chi connectivity index (χ1) is 22.7. The minimum Gasteiger partial charge on any atom is -0.429 e. The van der Waals surface area contributed by atoms with E-state index >= 15 is 8.78 Å². The Balaban J connectivity index is 1.25. The largest absolute Gasteiger partial charge is 0.573 e. The predicted molar refractivity (Wildman–Crippen MR) is 161 cm³/mol. The van der Waals surface area contributed by atoms with Crippen LogP contribution in [-0.2, 0) is 10.8 Å². The SMILES string of the molecule is CCCCOC1CCC(c2cc(F)c(C(F)(F)Oc3ccc(-c4ccc(-c5ccc(OC(F)(F)F)c(F)c5)c(F)c4)cc3)c(F)c2)CC1. The van der Waals surface area contributed by atoms with Crippen LogP contribution in [0.1, 0.15) is 62.5 Å². The molecule has 0 atom stereocenters. The smallest absolute Gasteiger partial charge is 0.429 e. The third kappa shape index (κ3) is 8.44. The molecule has 256 valence electrons. The second-order valence-corrected chi connectivity index (χ2v) is 11.6. The van der Waals surface area contributed by atoms with Gasteiger partial charge in [-0.05, 0) is 103 Å². The highest BCUT2D eigenvalue weighted by Crippen LogP contribution is 2.40. The highest BCUT2D eigenvalue weighted by Gasteiger charge is 2.41. The normalized spacial score (nSPS) is 17.0. The minimum atomic E-state index is -5.10. The molecular weight excluding hydrogens is 651 g/mol. The summed E-state index contributed by atoms with van der Waals surface area (Å²) in [6, 6.07) is 13.0. The monoisotopic (exact) mass is 682 g/mol. The Morgan fingerprint density at radius 2 is 1.25 bits per heavy atom. The van der Waals surface area contributed by atoms with Crippen molar-refractivity contribution in [3.05, 3.63) is 107 Å². The quantitative estimate of drug-likeness (QED) is 0.116. The van der Waals surface area contributed by atoms with Crippen molar-refractivity contribution in [1.82, 2.24) is 0 Å². The van der Waals surface area contributed by atoms with E-state index in [0.29, 0.717) is 49.5 Å². The molecule has 4 aromatic rings. The van der Waals surface area contributed by atoms with E-state index in [9.17, 15) is 30.7 Å². The summed E-state index contributed by atoms with van der Waals surface area (Å²) in [6.45, 7) is 2.72. The highest BCUT2D eigenvalue weighted by atomic mass is 19.4. The van der Waals surface area contributed by atoms with Crippen molar-refractivity contribution in [2.24, 2.45) is 0 Å². The Morgan fingerprint density at radius 3 is 1.83 bits per heavy atom. The van der Waals surface area contributed by atoms with Gasteiger partial charge in [-0.15, -0.1) is 13.2 Å². The van der Waals surface area contributed by atoms with Crippen LogP contribution in [0.5, 0.6) is 11.5 Å². The molecule has 0 unspecified atom stereocenters. The van der Waals surface area contributed by atoms with Gasteiger partial charge in [0.1, 0.15) is 28.8 Å². The van der Waals surface area contributed by atoms with Crippen LogP contribution in [0.3, 0.4) is 0 Å². The second-order valence-electron chi connectivity index (χ2n) is 11.6. The molecule has 0 heterocycles. The van der Waals surface area contributed by atoms with Gasteiger partial charge >= 0.3 is 12.5 Å². The molecule has 3 nitrogen and oxygen atoms in total.